The molecule has 108 valence electrons. The van der Waals surface area contributed by atoms with E-state index in [2.05, 4.69) is 25.9 Å². The van der Waals surface area contributed by atoms with Crippen LogP contribution >= 0.6 is 11.6 Å². The van der Waals surface area contributed by atoms with Crippen molar-refractivity contribution >= 4 is 11.6 Å². The average Bonchev–Trinajstić information content (AvgIpc) is 2.98. The summed E-state index contributed by atoms with van der Waals surface area (Å²) in [5, 5.41) is 17.6. The van der Waals surface area contributed by atoms with Gasteiger partial charge in [0.25, 0.3) is 0 Å². The molecular formula is C12H16ClN5O2. The van der Waals surface area contributed by atoms with E-state index >= 15 is 0 Å². The van der Waals surface area contributed by atoms with Gasteiger partial charge in [-0.25, -0.2) is 0 Å². The normalized spacial score (nSPS) is 12.2. The number of hydrogen-bond acceptors (Lipinski definition) is 6. The third-order valence-electron chi connectivity index (χ3n) is 2.85. The molecule has 20 heavy (non-hydrogen) atoms. The monoisotopic (exact) mass is 297 g/mol. The molecular weight excluding hydrogens is 282 g/mol. The van der Waals surface area contributed by atoms with Crippen LogP contribution in [0.3, 0.4) is 0 Å². The summed E-state index contributed by atoms with van der Waals surface area (Å²) in [6.07, 6.45) is 0. The summed E-state index contributed by atoms with van der Waals surface area (Å²) in [5.41, 5.74) is 0.975. The van der Waals surface area contributed by atoms with E-state index in [1.54, 1.807) is 14.2 Å². The molecule has 2 N–H and O–H groups in total. The number of H-pyrrole nitrogens is 1. The minimum Gasteiger partial charge on any atom is -0.493 e. The van der Waals surface area contributed by atoms with E-state index in [-0.39, 0.29) is 6.04 Å². The van der Waals surface area contributed by atoms with Crippen molar-refractivity contribution in [3.8, 4) is 11.5 Å². The lowest BCUT2D eigenvalue weighted by molar-refractivity contribution is 0.354. The molecule has 8 heteroatoms. The van der Waals surface area contributed by atoms with Crippen molar-refractivity contribution in [3.05, 3.63) is 28.5 Å². The third kappa shape index (κ3) is 3.17. The minimum atomic E-state index is -0.0272. The Balaban J connectivity index is 2.08. The summed E-state index contributed by atoms with van der Waals surface area (Å²) in [4.78, 5) is 0. The van der Waals surface area contributed by atoms with Crippen LogP contribution < -0.4 is 14.8 Å². The van der Waals surface area contributed by atoms with E-state index in [0.29, 0.717) is 28.9 Å². The number of nitrogens with zero attached hydrogens (tertiary/aromatic N) is 3. The summed E-state index contributed by atoms with van der Waals surface area (Å²) in [6.45, 7) is 2.54. The van der Waals surface area contributed by atoms with Crippen LogP contribution in [0, 0.1) is 0 Å². The molecule has 0 aliphatic heterocycles. The number of halogens is 1. The number of aromatic amines is 1. The number of methoxy groups -OCH3 is 2. The predicted molar refractivity (Wildman–Crippen MR) is 74.0 cm³/mol. The molecule has 2 aromatic rings. The van der Waals surface area contributed by atoms with Crippen LogP contribution in [0.4, 0.5) is 0 Å². The lowest BCUT2D eigenvalue weighted by Crippen LogP contribution is -2.19. The first-order valence-corrected chi connectivity index (χ1v) is 6.40. The molecule has 0 saturated heterocycles. The number of hydrogen-bond donors (Lipinski definition) is 2. The molecule has 1 unspecified atom stereocenters. The topological polar surface area (TPSA) is 85.0 Å². The summed E-state index contributed by atoms with van der Waals surface area (Å²) in [6, 6.07) is 3.68. The van der Waals surface area contributed by atoms with E-state index in [0.717, 1.165) is 5.56 Å². The number of rotatable bonds is 6. The maximum absolute atomic E-state index is 6.16. The zero-order valence-electron chi connectivity index (χ0n) is 11.5. The van der Waals surface area contributed by atoms with Gasteiger partial charge in [0.1, 0.15) is 0 Å². The van der Waals surface area contributed by atoms with Gasteiger partial charge in [0.2, 0.25) is 0 Å². The lowest BCUT2D eigenvalue weighted by atomic mass is 10.2. The maximum Gasteiger partial charge on any atom is 0.191 e. The molecule has 1 aromatic carbocycles. The Labute approximate surface area is 121 Å². The number of tetrazole rings is 1. The molecule has 0 bridgehead atoms. The average molecular weight is 298 g/mol. The summed E-state index contributed by atoms with van der Waals surface area (Å²) in [7, 11) is 3.13. The Bertz CT molecular complexity index is 561. The zero-order chi connectivity index (χ0) is 14.5. The van der Waals surface area contributed by atoms with Crippen LogP contribution in [0.15, 0.2) is 12.1 Å². The van der Waals surface area contributed by atoms with E-state index < -0.39 is 0 Å². The number of nitrogens with one attached hydrogen (secondary N) is 2. The van der Waals surface area contributed by atoms with Gasteiger partial charge in [-0.2, -0.15) is 5.21 Å². The van der Waals surface area contributed by atoms with Gasteiger partial charge in [0, 0.05) is 6.54 Å². The summed E-state index contributed by atoms with van der Waals surface area (Å²) >= 11 is 6.16. The maximum atomic E-state index is 6.16. The van der Waals surface area contributed by atoms with Crippen molar-refractivity contribution in [1.82, 2.24) is 25.9 Å². The van der Waals surface area contributed by atoms with Gasteiger partial charge in [-0.1, -0.05) is 16.8 Å². The van der Waals surface area contributed by atoms with Crippen molar-refractivity contribution in [3.63, 3.8) is 0 Å². The molecule has 0 spiro atoms. The second kappa shape index (κ2) is 6.53. The standard InChI is InChI=1S/C12H16ClN5O2/c1-7(12-15-17-18-16-12)14-6-8-4-9(13)11(20-3)10(5-8)19-2/h4-5,7,14H,6H2,1-3H3,(H,15,16,17,18). The van der Waals surface area contributed by atoms with Gasteiger partial charge in [0.05, 0.1) is 25.3 Å². The Morgan fingerprint density at radius 3 is 2.75 bits per heavy atom. The zero-order valence-corrected chi connectivity index (χ0v) is 12.2. The first-order valence-electron chi connectivity index (χ1n) is 6.02. The smallest absolute Gasteiger partial charge is 0.191 e. The molecule has 0 fully saturated rings. The van der Waals surface area contributed by atoms with Crippen LogP contribution in [-0.4, -0.2) is 34.8 Å². The number of ether oxygens (including phenoxy) is 2. The van der Waals surface area contributed by atoms with Gasteiger partial charge >= 0.3 is 0 Å². The molecule has 1 aromatic heterocycles. The van der Waals surface area contributed by atoms with Crippen molar-refractivity contribution in [1.29, 1.82) is 0 Å². The second-order valence-electron chi connectivity index (χ2n) is 4.19. The Hall–Kier alpha value is -1.86. The summed E-state index contributed by atoms with van der Waals surface area (Å²) in [5.74, 6) is 1.74. The largest absolute Gasteiger partial charge is 0.493 e. The predicted octanol–water partition coefficient (Wildman–Crippen LogP) is 1.72. The first-order chi connectivity index (χ1) is 9.65. The Morgan fingerprint density at radius 2 is 2.15 bits per heavy atom. The second-order valence-corrected chi connectivity index (χ2v) is 4.59. The molecule has 0 radical (unpaired) electrons. The molecule has 0 aliphatic rings. The Morgan fingerprint density at radius 1 is 1.35 bits per heavy atom. The third-order valence-corrected chi connectivity index (χ3v) is 3.14. The number of benzene rings is 1. The molecule has 0 saturated carbocycles. The fraction of sp³-hybridized carbons (Fsp3) is 0.417. The van der Waals surface area contributed by atoms with Gasteiger partial charge in [-0.3, -0.25) is 0 Å². The highest BCUT2D eigenvalue weighted by Gasteiger charge is 2.13. The first kappa shape index (κ1) is 14.5. The van der Waals surface area contributed by atoms with Crippen molar-refractivity contribution in [2.75, 3.05) is 14.2 Å². The van der Waals surface area contributed by atoms with E-state index in [4.69, 9.17) is 21.1 Å². The van der Waals surface area contributed by atoms with E-state index in [1.807, 2.05) is 19.1 Å². The van der Waals surface area contributed by atoms with E-state index in [9.17, 15) is 0 Å². The van der Waals surface area contributed by atoms with E-state index in [1.165, 1.54) is 0 Å². The van der Waals surface area contributed by atoms with Gasteiger partial charge < -0.3 is 14.8 Å². The minimum absolute atomic E-state index is 0.0272. The summed E-state index contributed by atoms with van der Waals surface area (Å²) < 4.78 is 10.5. The van der Waals surface area contributed by atoms with Crippen molar-refractivity contribution < 1.29 is 9.47 Å². The molecule has 2 rings (SSSR count). The molecule has 1 heterocycles. The molecule has 1 atom stereocenters. The molecule has 0 aliphatic carbocycles. The van der Waals surface area contributed by atoms with Crippen LogP contribution in [-0.2, 0) is 6.54 Å². The lowest BCUT2D eigenvalue weighted by Gasteiger charge is -2.14. The highest BCUT2D eigenvalue weighted by atomic mass is 35.5. The Kier molecular flexibility index (Phi) is 4.75. The molecule has 7 nitrogen and oxygen atoms in total. The van der Waals surface area contributed by atoms with Crippen molar-refractivity contribution in [2.24, 2.45) is 0 Å². The van der Waals surface area contributed by atoms with Gasteiger partial charge in [-0.15, -0.1) is 10.2 Å². The van der Waals surface area contributed by atoms with Gasteiger partial charge in [0.15, 0.2) is 17.3 Å². The highest BCUT2D eigenvalue weighted by molar-refractivity contribution is 6.32. The quantitative estimate of drug-likeness (QED) is 0.844. The molecule has 0 amide bonds. The van der Waals surface area contributed by atoms with Crippen LogP contribution in [0.25, 0.3) is 0 Å². The van der Waals surface area contributed by atoms with Gasteiger partial charge in [-0.05, 0) is 24.6 Å². The van der Waals surface area contributed by atoms with Crippen LogP contribution in [0.2, 0.25) is 5.02 Å². The highest BCUT2D eigenvalue weighted by Crippen LogP contribution is 2.36. The number of aromatic nitrogens is 4. The SMILES string of the molecule is COc1cc(CNC(C)c2nn[nH]n2)cc(Cl)c1OC. The fourth-order valence-electron chi connectivity index (χ4n) is 1.79. The van der Waals surface area contributed by atoms with Crippen molar-refractivity contribution in [2.45, 2.75) is 19.5 Å². The van der Waals surface area contributed by atoms with Crippen LogP contribution in [0.5, 0.6) is 11.5 Å². The van der Waals surface area contributed by atoms with Crippen LogP contribution in [0.1, 0.15) is 24.4 Å². The fourth-order valence-corrected chi connectivity index (χ4v) is 2.10.